The lowest BCUT2D eigenvalue weighted by atomic mass is 10.1. The molecular formula is C22H26ClN3O4S. The number of anilines is 2. The molecule has 2 aromatic carbocycles. The Labute approximate surface area is 188 Å². The van der Waals surface area contributed by atoms with E-state index in [2.05, 4.69) is 5.32 Å². The van der Waals surface area contributed by atoms with Gasteiger partial charge in [-0.3, -0.25) is 13.9 Å². The van der Waals surface area contributed by atoms with Crippen molar-refractivity contribution in [2.45, 2.75) is 32.2 Å². The molecule has 7 nitrogen and oxygen atoms in total. The smallest absolute Gasteiger partial charge is 0.255 e. The average Bonchev–Trinajstić information content (AvgIpc) is 3.26. The first-order valence-corrected chi connectivity index (χ1v) is 12.4. The third-order valence-corrected chi connectivity index (χ3v) is 6.65. The summed E-state index contributed by atoms with van der Waals surface area (Å²) < 4.78 is 26.2. The van der Waals surface area contributed by atoms with Crippen LogP contribution in [0.15, 0.2) is 48.5 Å². The van der Waals surface area contributed by atoms with Gasteiger partial charge in [-0.15, -0.1) is 0 Å². The van der Waals surface area contributed by atoms with Gasteiger partial charge in [0.25, 0.3) is 5.91 Å². The summed E-state index contributed by atoms with van der Waals surface area (Å²) >= 11 is 5.93. The maximum atomic E-state index is 13.2. The van der Waals surface area contributed by atoms with E-state index < -0.39 is 22.0 Å². The Kier molecular flexibility index (Phi) is 7.23. The molecule has 9 heteroatoms. The summed E-state index contributed by atoms with van der Waals surface area (Å²) in [6.45, 7) is 3.12. The number of para-hydroxylation sites is 1. The maximum absolute atomic E-state index is 13.2. The van der Waals surface area contributed by atoms with Gasteiger partial charge >= 0.3 is 0 Å². The molecule has 1 saturated heterocycles. The first-order chi connectivity index (χ1) is 14.7. The van der Waals surface area contributed by atoms with Crippen molar-refractivity contribution in [3.63, 3.8) is 0 Å². The molecule has 0 spiro atoms. The van der Waals surface area contributed by atoms with E-state index in [9.17, 15) is 18.0 Å². The van der Waals surface area contributed by atoms with E-state index in [-0.39, 0.29) is 12.3 Å². The number of hydrogen-bond acceptors (Lipinski definition) is 4. The van der Waals surface area contributed by atoms with Crippen molar-refractivity contribution in [2.75, 3.05) is 29.0 Å². The third-order valence-electron chi connectivity index (χ3n) is 5.22. The van der Waals surface area contributed by atoms with E-state index in [0.717, 1.165) is 23.4 Å². The summed E-state index contributed by atoms with van der Waals surface area (Å²) in [7, 11) is -3.76. The number of sulfonamides is 1. The highest BCUT2D eigenvalue weighted by molar-refractivity contribution is 7.92. The summed E-state index contributed by atoms with van der Waals surface area (Å²) in [5.74, 6) is -0.649. The number of rotatable bonds is 7. The molecule has 1 aliphatic heterocycles. The number of carbonyl (C=O) groups excluding carboxylic acids is 2. The van der Waals surface area contributed by atoms with Gasteiger partial charge in [-0.1, -0.05) is 30.7 Å². The fraction of sp³-hybridized carbons (Fsp3) is 0.364. The Morgan fingerprint density at radius 3 is 2.29 bits per heavy atom. The van der Waals surface area contributed by atoms with Crippen LogP contribution in [-0.4, -0.2) is 50.5 Å². The van der Waals surface area contributed by atoms with Gasteiger partial charge in [-0.2, -0.15) is 0 Å². The standard InChI is InChI=1S/C22H26ClN3O4S/c1-3-20(26(31(2,29)30)17-12-10-16(23)11-13-17)21(27)24-19-9-5-4-8-18(19)22(28)25-14-6-7-15-25/h4-5,8-13,20H,3,6-7,14-15H2,1-2H3,(H,24,27)/t20-/m1/s1. The minimum Gasteiger partial charge on any atom is -0.339 e. The van der Waals surface area contributed by atoms with E-state index in [1.54, 1.807) is 60.4 Å². The Morgan fingerprint density at radius 1 is 1.10 bits per heavy atom. The van der Waals surface area contributed by atoms with Gasteiger partial charge in [0, 0.05) is 18.1 Å². The van der Waals surface area contributed by atoms with E-state index in [1.807, 2.05) is 0 Å². The zero-order valence-electron chi connectivity index (χ0n) is 17.5. The molecule has 0 unspecified atom stereocenters. The van der Waals surface area contributed by atoms with Crippen LogP contribution in [-0.2, 0) is 14.8 Å². The fourth-order valence-corrected chi connectivity index (χ4v) is 5.07. The van der Waals surface area contributed by atoms with Crippen molar-refractivity contribution in [1.82, 2.24) is 4.90 Å². The summed E-state index contributed by atoms with van der Waals surface area (Å²) in [6, 6.07) is 12.1. The molecule has 0 bridgehead atoms. The zero-order chi connectivity index (χ0) is 22.6. The molecule has 1 heterocycles. The lowest BCUT2D eigenvalue weighted by Crippen LogP contribution is -2.47. The first-order valence-electron chi connectivity index (χ1n) is 10.2. The highest BCUT2D eigenvalue weighted by atomic mass is 35.5. The second-order valence-electron chi connectivity index (χ2n) is 7.49. The number of halogens is 1. The molecule has 0 saturated carbocycles. The molecular weight excluding hydrogens is 438 g/mol. The molecule has 0 aromatic heterocycles. The van der Waals surface area contributed by atoms with E-state index >= 15 is 0 Å². The number of carbonyl (C=O) groups is 2. The van der Waals surface area contributed by atoms with Crippen LogP contribution in [0.4, 0.5) is 11.4 Å². The number of nitrogens with zero attached hydrogens (tertiary/aromatic N) is 2. The van der Waals surface area contributed by atoms with Crippen LogP contribution in [0.25, 0.3) is 0 Å². The Hall–Kier alpha value is -2.58. The lowest BCUT2D eigenvalue weighted by molar-refractivity contribution is -0.117. The zero-order valence-corrected chi connectivity index (χ0v) is 19.1. The topological polar surface area (TPSA) is 86.8 Å². The second kappa shape index (κ2) is 9.70. The van der Waals surface area contributed by atoms with Gasteiger partial charge in [0.2, 0.25) is 15.9 Å². The van der Waals surface area contributed by atoms with Crippen molar-refractivity contribution in [1.29, 1.82) is 0 Å². The van der Waals surface area contributed by atoms with E-state index in [0.29, 0.717) is 35.1 Å². The molecule has 0 radical (unpaired) electrons. The summed E-state index contributed by atoms with van der Waals surface area (Å²) in [5.41, 5.74) is 1.10. The molecule has 2 aromatic rings. The first kappa shape index (κ1) is 23.1. The van der Waals surface area contributed by atoms with Gasteiger partial charge in [-0.05, 0) is 55.7 Å². The Morgan fingerprint density at radius 2 is 1.71 bits per heavy atom. The molecule has 1 N–H and O–H groups in total. The fourth-order valence-electron chi connectivity index (χ4n) is 3.73. The quantitative estimate of drug-likeness (QED) is 0.677. The largest absolute Gasteiger partial charge is 0.339 e. The van der Waals surface area contributed by atoms with Gasteiger partial charge in [-0.25, -0.2) is 8.42 Å². The van der Waals surface area contributed by atoms with Crippen molar-refractivity contribution in [3.05, 3.63) is 59.1 Å². The molecule has 1 atom stereocenters. The minimum atomic E-state index is -3.76. The maximum Gasteiger partial charge on any atom is 0.255 e. The van der Waals surface area contributed by atoms with Crippen molar-refractivity contribution in [3.8, 4) is 0 Å². The Balaban J connectivity index is 1.90. The van der Waals surface area contributed by atoms with Crippen LogP contribution < -0.4 is 9.62 Å². The number of amides is 2. The number of benzene rings is 2. The summed E-state index contributed by atoms with van der Waals surface area (Å²) in [4.78, 5) is 27.9. The minimum absolute atomic E-state index is 0.140. The third kappa shape index (κ3) is 5.37. The Bertz CT molecular complexity index is 1050. The normalized spacial score (nSPS) is 14.9. The lowest BCUT2D eigenvalue weighted by Gasteiger charge is -2.30. The molecule has 0 aliphatic carbocycles. The molecule has 1 fully saturated rings. The van der Waals surface area contributed by atoms with Crippen LogP contribution in [0.2, 0.25) is 5.02 Å². The molecule has 166 valence electrons. The van der Waals surface area contributed by atoms with Crippen LogP contribution in [0.3, 0.4) is 0 Å². The predicted octanol–water partition coefficient (Wildman–Crippen LogP) is 3.76. The van der Waals surface area contributed by atoms with Crippen LogP contribution in [0.5, 0.6) is 0 Å². The van der Waals surface area contributed by atoms with Crippen molar-refractivity contribution < 1.29 is 18.0 Å². The molecule has 2 amide bonds. The molecule has 1 aliphatic rings. The number of likely N-dealkylation sites (tertiary alicyclic amines) is 1. The molecule has 3 rings (SSSR count). The van der Waals surface area contributed by atoms with E-state index in [1.165, 1.54) is 0 Å². The highest BCUT2D eigenvalue weighted by Crippen LogP contribution is 2.26. The van der Waals surface area contributed by atoms with Crippen molar-refractivity contribution in [2.24, 2.45) is 0 Å². The van der Waals surface area contributed by atoms with Gasteiger partial charge in [0.05, 0.1) is 23.2 Å². The average molecular weight is 464 g/mol. The van der Waals surface area contributed by atoms with Crippen LogP contribution in [0.1, 0.15) is 36.5 Å². The second-order valence-corrected chi connectivity index (χ2v) is 9.79. The summed E-state index contributed by atoms with van der Waals surface area (Å²) in [6.07, 6.45) is 3.22. The van der Waals surface area contributed by atoms with Gasteiger partial charge < -0.3 is 10.2 Å². The van der Waals surface area contributed by atoms with E-state index in [4.69, 9.17) is 11.6 Å². The van der Waals surface area contributed by atoms with Crippen molar-refractivity contribution >= 4 is 44.8 Å². The van der Waals surface area contributed by atoms with Crippen LogP contribution in [0, 0.1) is 0 Å². The molecule has 31 heavy (non-hydrogen) atoms. The number of nitrogens with one attached hydrogen (secondary N) is 1. The van der Waals surface area contributed by atoms with Gasteiger partial charge in [0.1, 0.15) is 6.04 Å². The van der Waals surface area contributed by atoms with Crippen LogP contribution >= 0.6 is 11.6 Å². The van der Waals surface area contributed by atoms with Gasteiger partial charge in [0.15, 0.2) is 0 Å². The monoisotopic (exact) mass is 463 g/mol. The predicted molar refractivity (Wildman–Crippen MR) is 123 cm³/mol. The number of hydrogen-bond donors (Lipinski definition) is 1. The highest BCUT2D eigenvalue weighted by Gasteiger charge is 2.32. The summed E-state index contributed by atoms with van der Waals surface area (Å²) in [5, 5.41) is 3.24. The SMILES string of the molecule is CC[C@H](C(=O)Nc1ccccc1C(=O)N1CCCC1)N(c1ccc(Cl)cc1)S(C)(=O)=O.